The van der Waals surface area contributed by atoms with Crippen LogP contribution in [0, 0.1) is 6.92 Å². The van der Waals surface area contributed by atoms with Crippen LogP contribution in [0.25, 0.3) is 0 Å². The van der Waals surface area contributed by atoms with Gasteiger partial charge in [0.2, 0.25) is 10.0 Å². The van der Waals surface area contributed by atoms with E-state index in [0.29, 0.717) is 19.0 Å². The van der Waals surface area contributed by atoms with Gasteiger partial charge in [-0.3, -0.25) is 0 Å². The zero-order valence-corrected chi connectivity index (χ0v) is 19.4. The number of aryl methyl sites for hydroxylation is 1. The first-order chi connectivity index (χ1) is 14.7. The normalized spacial score (nSPS) is 16.2. The second-order valence-electron chi connectivity index (χ2n) is 8.11. The van der Waals surface area contributed by atoms with Crippen molar-refractivity contribution in [3.05, 3.63) is 59.7 Å². The first-order valence-electron chi connectivity index (χ1n) is 10.6. The minimum atomic E-state index is -3.55. The number of amides is 2. The van der Waals surface area contributed by atoms with E-state index in [-0.39, 0.29) is 24.0 Å². The summed E-state index contributed by atoms with van der Waals surface area (Å²) < 4.78 is 33.0. The molecule has 1 unspecified atom stereocenters. The fourth-order valence-electron chi connectivity index (χ4n) is 3.54. The molecule has 3 rings (SSSR count). The molecule has 0 aromatic heterocycles. The number of sulfonamides is 1. The molecule has 2 amide bonds. The van der Waals surface area contributed by atoms with Crippen molar-refractivity contribution >= 4 is 16.1 Å². The number of nitrogens with zero attached hydrogens (tertiary/aromatic N) is 2. The topological polar surface area (TPSA) is 79.0 Å². The van der Waals surface area contributed by atoms with Gasteiger partial charge in [-0.25, -0.2) is 13.2 Å². The van der Waals surface area contributed by atoms with Gasteiger partial charge in [0.25, 0.3) is 0 Å². The predicted octanol–water partition coefficient (Wildman–Crippen LogP) is 3.56. The van der Waals surface area contributed by atoms with Crippen molar-refractivity contribution in [1.29, 1.82) is 0 Å². The molecular formula is C23H31N3O4S. The maximum absolute atomic E-state index is 12.8. The maximum Gasteiger partial charge on any atom is 0.320 e. The van der Waals surface area contributed by atoms with Gasteiger partial charge in [-0.2, -0.15) is 4.31 Å². The second kappa shape index (κ2) is 9.70. The van der Waals surface area contributed by atoms with Crippen molar-refractivity contribution in [2.75, 3.05) is 26.2 Å². The Kier molecular flexibility index (Phi) is 7.23. The Morgan fingerprint density at radius 2 is 1.58 bits per heavy atom. The highest BCUT2D eigenvalue weighted by molar-refractivity contribution is 7.89. The number of nitrogens with one attached hydrogen (secondary N) is 1. The SMILES string of the molecule is Cc1ccc(S(=O)(=O)N2CCN(C(=O)NC(C)Oc3ccccc3C(C)C)CC2)cc1. The lowest BCUT2D eigenvalue weighted by Gasteiger charge is -2.34. The van der Waals surface area contributed by atoms with Gasteiger partial charge in [-0.15, -0.1) is 0 Å². The van der Waals surface area contributed by atoms with Crippen molar-refractivity contribution in [2.24, 2.45) is 0 Å². The number of hydrogen-bond acceptors (Lipinski definition) is 4. The quantitative estimate of drug-likeness (QED) is 0.690. The van der Waals surface area contributed by atoms with Crippen LogP contribution in [0.3, 0.4) is 0 Å². The number of carbonyl (C=O) groups is 1. The zero-order valence-electron chi connectivity index (χ0n) is 18.5. The van der Waals surface area contributed by atoms with Gasteiger partial charge >= 0.3 is 6.03 Å². The molecule has 1 aliphatic rings. The van der Waals surface area contributed by atoms with E-state index >= 15 is 0 Å². The van der Waals surface area contributed by atoms with Gasteiger partial charge in [0, 0.05) is 26.2 Å². The molecule has 1 fully saturated rings. The van der Waals surface area contributed by atoms with Gasteiger partial charge in [0.05, 0.1) is 4.90 Å². The monoisotopic (exact) mass is 445 g/mol. The number of benzene rings is 2. The number of piperazine rings is 1. The van der Waals surface area contributed by atoms with Crippen molar-refractivity contribution in [3.8, 4) is 5.75 Å². The minimum absolute atomic E-state index is 0.259. The molecule has 8 heteroatoms. The van der Waals surface area contributed by atoms with Gasteiger partial charge < -0.3 is 15.0 Å². The molecule has 0 spiro atoms. The van der Waals surface area contributed by atoms with Crippen molar-refractivity contribution < 1.29 is 17.9 Å². The van der Waals surface area contributed by atoms with E-state index in [1.54, 1.807) is 36.1 Å². The smallest absolute Gasteiger partial charge is 0.320 e. The summed E-state index contributed by atoms with van der Waals surface area (Å²) in [6.45, 7) is 9.06. The Hall–Kier alpha value is -2.58. The second-order valence-corrected chi connectivity index (χ2v) is 10.0. The number of carbonyl (C=O) groups excluding carboxylic acids is 1. The summed E-state index contributed by atoms with van der Waals surface area (Å²) in [6.07, 6.45) is -0.512. The molecule has 1 atom stereocenters. The first-order valence-corrected chi connectivity index (χ1v) is 12.0. The third-order valence-electron chi connectivity index (χ3n) is 5.36. The van der Waals surface area contributed by atoms with Crippen LogP contribution >= 0.6 is 0 Å². The molecule has 7 nitrogen and oxygen atoms in total. The predicted molar refractivity (Wildman–Crippen MR) is 121 cm³/mol. The van der Waals surface area contributed by atoms with Crippen LogP contribution < -0.4 is 10.1 Å². The molecule has 2 aromatic carbocycles. The molecule has 31 heavy (non-hydrogen) atoms. The fraction of sp³-hybridized carbons (Fsp3) is 0.435. The molecule has 0 aliphatic carbocycles. The first kappa shape index (κ1) is 23.1. The summed E-state index contributed by atoms with van der Waals surface area (Å²) in [6, 6.07) is 14.3. The summed E-state index contributed by atoms with van der Waals surface area (Å²) in [4.78, 5) is 14.5. The fourth-order valence-corrected chi connectivity index (χ4v) is 4.96. The number of para-hydroxylation sites is 1. The van der Waals surface area contributed by atoms with Crippen LogP contribution in [-0.2, 0) is 10.0 Å². The largest absolute Gasteiger partial charge is 0.471 e. The molecule has 0 radical (unpaired) electrons. The van der Waals surface area contributed by atoms with Gasteiger partial charge in [0.1, 0.15) is 5.75 Å². The van der Waals surface area contributed by atoms with Crippen LogP contribution in [0.15, 0.2) is 53.4 Å². The van der Waals surface area contributed by atoms with Crippen molar-refractivity contribution in [1.82, 2.24) is 14.5 Å². The molecule has 0 saturated carbocycles. The highest BCUT2D eigenvalue weighted by atomic mass is 32.2. The lowest BCUT2D eigenvalue weighted by molar-refractivity contribution is 0.139. The third kappa shape index (κ3) is 5.57. The maximum atomic E-state index is 12.8. The summed E-state index contributed by atoms with van der Waals surface area (Å²) in [7, 11) is -3.55. The highest BCUT2D eigenvalue weighted by Crippen LogP contribution is 2.26. The third-order valence-corrected chi connectivity index (χ3v) is 7.27. The van der Waals surface area contributed by atoms with E-state index in [0.717, 1.165) is 16.9 Å². The number of rotatable bonds is 6. The Labute approximate surface area is 185 Å². The Bertz CT molecular complexity index is 998. The molecular weight excluding hydrogens is 414 g/mol. The van der Waals surface area contributed by atoms with E-state index in [4.69, 9.17) is 4.74 Å². The summed E-state index contributed by atoms with van der Waals surface area (Å²) in [5, 5.41) is 2.85. The number of hydrogen-bond donors (Lipinski definition) is 1. The minimum Gasteiger partial charge on any atom is -0.471 e. The summed E-state index contributed by atoms with van der Waals surface area (Å²) in [5.74, 6) is 1.06. The van der Waals surface area contributed by atoms with E-state index in [9.17, 15) is 13.2 Å². The lowest BCUT2D eigenvalue weighted by Crippen LogP contribution is -2.54. The van der Waals surface area contributed by atoms with Crippen LogP contribution in [0.1, 0.15) is 37.8 Å². The van der Waals surface area contributed by atoms with Crippen molar-refractivity contribution in [2.45, 2.75) is 44.7 Å². The van der Waals surface area contributed by atoms with E-state index in [2.05, 4.69) is 19.2 Å². The van der Waals surface area contributed by atoms with Crippen LogP contribution in [-0.4, -0.2) is 56.1 Å². The Morgan fingerprint density at radius 3 is 2.19 bits per heavy atom. The van der Waals surface area contributed by atoms with E-state index in [1.807, 2.05) is 31.2 Å². The Balaban J connectivity index is 1.55. The van der Waals surface area contributed by atoms with E-state index < -0.39 is 16.3 Å². The van der Waals surface area contributed by atoms with Crippen LogP contribution in [0.5, 0.6) is 5.75 Å². The van der Waals surface area contributed by atoms with E-state index in [1.165, 1.54) is 4.31 Å². The molecule has 1 aliphatic heterocycles. The van der Waals surface area contributed by atoms with Gasteiger partial charge in [-0.1, -0.05) is 49.7 Å². The average molecular weight is 446 g/mol. The molecule has 0 bridgehead atoms. The van der Waals surface area contributed by atoms with Crippen molar-refractivity contribution in [3.63, 3.8) is 0 Å². The summed E-state index contributed by atoms with van der Waals surface area (Å²) >= 11 is 0. The lowest BCUT2D eigenvalue weighted by atomic mass is 10.0. The molecule has 168 valence electrons. The van der Waals surface area contributed by atoms with Crippen LogP contribution in [0.2, 0.25) is 0 Å². The number of ether oxygens (including phenoxy) is 1. The number of urea groups is 1. The van der Waals surface area contributed by atoms with Crippen LogP contribution in [0.4, 0.5) is 4.79 Å². The molecule has 1 saturated heterocycles. The Morgan fingerprint density at radius 1 is 0.968 bits per heavy atom. The molecule has 1 heterocycles. The van der Waals surface area contributed by atoms with Gasteiger partial charge in [0.15, 0.2) is 6.23 Å². The molecule has 1 N–H and O–H groups in total. The van der Waals surface area contributed by atoms with Gasteiger partial charge in [-0.05, 0) is 43.5 Å². The summed E-state index contributed by atoms with van der Waals surface area (Å²) in [5.41, 5.74) is 2.09. The zero-order chi connectivity index (χ0) is 22.6. The standard InChI is InChI=1S/C23H31N3O4S/c1-17(2)21-7-5-6-8-22(21)30-19(4)24-23(27)25-13-15-26(16-14-25)31(28,29)20-11-9-18(3)10-12-20/h5-12,17,19H,13-16H2,1-4H3,(H,24,27). The molecule has 2 aromatic rings. The average Bonchev–Trinajstić information content (AvgIpc) is 2.74. The highest BCUT2D eigenvalue weighted by Gasteiger charge is 2.30.